The van der Waals surface area contributed by atoms with E-state index in [1.165, 1.54) is 4.88 Å². The molecule has 0 aliphatic carbocycles. The van der Waals surface area contributed by atoms with Crippen LogP contribution in [0.15, 0.2) is 35.7 Å². The summed E-state index contributed by atoms with van der Waals surface area (Å²) >= 11 is 1.67. The first-order chi connectivity index (χ1) is 7.16. The normalized spacial score (nSPS) is 10.2. The van der Waals surface area contributed by atoms with Gasteiger partial charge in [-0.1, -0.05) is 12.1 Å². The number of aryl methyl sites for hydroxylation is 1. The Morgan fingerprint density at radius 1 is 1.27 bits per heavy atom. The average molecular weight is 218 g/mol. The van der Waals surface area contributed by atoms with Gasteiger partial charge in [-0.25, -0.2) is 4.79 Å². The summed E-state index contributed by atoms with van der Waals surface area (Å²) in [7, 11) is 0. The molecular formula is C12H10O2S. The third-order valence-electron chi connectivity index (χ3n) is 2.17. The maximum absolute atomic E-state index is 10.8. The highest BCUT2D eigenvalue weighted by Crippen LogP contribution is 2.25. The van der Waals surface area contributed by atoms with E-state index >= 15 is 0 Å². The summed E-state index contributed by atoms with van der Waals surface area (Å²) < 4.78 is 0. The Bertz CT molecular complexity index is 500. The molecule has 0 saturated carbocycles. The molecule has 76 valence electrons. The Kier molecular flexibility index (Phi) is 2.56. The fraction of sp³-hybridized carbons (Fsp3) is 0.0833. The van der Waals surface area contributed by atoms with Gasteiger partial charge in [-0.05, 0) is 41.6 Å². The standard InChI is InChI=1S/C12H10O2S/c1-8-5-11(7-15-8)9-3-2-4-10(6-9)12(13)14/h2-7H,1H3,(H,13,14). The van der Waals surface area contributed by atoms with E-state index in [2.05, 4.69) is 6.07 Å². The number of benzene rings is 1. The van der Waals surface area contributed by atoms with Gasteiger partial charge in [0.15, 0.2) is 0 Å². The Labute approximate surface area is 91.8 Å². The van der Waals surface area contributed by atoms with Crippen molar-refractivity contribution in [3.05, 3.63) is 46.2 Å². The highest BCUT2D eigenvalue weighted by atomic mass is 32.1. The lowest BCUT2D eigenvalue weighted by atomic mass is 10.1. The molecule has 0 spiro atoms. The van der Waals surface area contributed by atoms with Gasteiger partial charge >= 0.3 is 5.97 Å². The summed E-state index contributed by atoms with van der Waals surface area (Å²) in [5.74, 6) is -0.885. The Balaban J connectivity index is 2.45. The molecule has 0 atom stereocenters. The Hall–Kier alpha value is -1.61. The quantitative estimate of drug-likeness (QED) is 0.838. The Morgan fingerprint density at radius 2 is 2.07 bits per heavy atom. The molecule has 0 fully saturated rings. The lowest BCUT2D eigenvalue weighted by Crippen LogP contribution is -1.95. The van der Waals surface area contributed by atoms with Crippen LogP contribution in [0.5, 0.6) is 0 Å². The molecule has 1 aromatic heterocycles. The fourth-order valence-corrected chi connectivity index (χ4v) is 2.14. The number of aromatic carboxylic acids is 1. The van der Waals surface area contributed by atoms with Crippen molar-refractivity contribution < 1.29 is 9.90 Å². The van der Waals surface area contributed by atoms with E-state index in [-0.39, 0.29) is 0 Å². The van der Waals surface area contributed by atoms with Crippen LogP contribution < -0.4 is 0 Å². The van der Waals surface area contributed by atoms with Crippen molar-refractivity contribution in [1.82, 2.24) is 0 Å². The second-order valence-corrected chi connectivity index (χ2v) is 4.45. The van der Waals surface area contributed by atoms with Crippen molar-refractivity contribution in [3.8, 4) is 11.1 Å². The maximum Gasteiger partial charge on any atom is 0.335 e. The van der Waals surface area contributed by atoms with Crippen molar-refractivity contribution in [1.29, 1.82) is 0 Å². The van der Waals surface area contributed by atoms with Crippen LogP contribution in [-0.4, -0.2) is 11.1 Å². The monoisotopic (exact) mass is 218 g/mol. The predicted molar refractivity (Wildman–Crippen MR) is 61.5 cm³/mol. The van der Waals surface area contributed by atoms with E-state index in [0.717, 1.165) is 11.1 Å². The Morgan fingerprint density at radius 3 is 2.67 bits per heavy atom. The molecule has 0 aliphatic heterocycles. The largest absolute Gasteiger partial charge is 0.478 e. The highest BCUT2D eigenvalue weighted by Gasteiger charge is 2.05. The van der Waals surface area contributed by atoms with E-state index in [4.69, 9.17) is 5.11 Å². The molecule has 2 rings (SSSR count). The number of hydrogen-bond acceptors (Lipinski definition) is 2. The van der Waals surface area contributed by atoms with Gasteiger partial charge in [0.25, 0.3) is 0 Å². The van der Waals surface area contributed by atoms with Gasteiger partial charge < -0.3 is 5.11 Å². The second-order valence-electron chi connectivity index (χ2n) is 3.33. The number of rotatable bonds is 2. The fourth-order valence-electron chi connectivity index (χ4n) is 1.43. The number of hydrogen-bond donors (Lipinski definition) is 1. The zero-order valence-corrected chi connectivity index (χ0v) is 9.04. The molecule has 0 saturated heterocycles. The third kappa shape index (κ3) is 2.07. The van der Waals surface area contributed by atoms with Crippen molar-refractivity contribution in [2.45, 2.75) is 6.92 Å². The van der Waals surface area contributed by atoms with Crippen molar-refractivity contribution in [2.24, 2.45) is 0 Å². The summed E-state index contributed by atoms with van der Waals surface area (Å²) in [4.78, 5) is 12.0. The third-order valence-corrected chi connectivity index (χ3v) is 3.03. The summed E-state index contributed by atoms with van der Waals surface area (Å²) in [6.45, 7) is 2.04. The minimum atomic E-state index is -0.885. The van der Waals surface area contributed by atoms with Crippen molar-refractivity contribution in [3.63, 3.8) is 0 Å². The second kappa shape index (κ2) is 3.87. The van der Waals surface area contributed by atoms with E-state index < -0.39 is 5.97 Å². The van der Waals surface area contributed by atoms with Gasteiger partial charge in [0.2, 0.25) is 0 Å². The van der Waals surface area contributed by atoms with Crippen LogP contribution in [0.25, 0.3) is 11.1 Å². The van der Waals surface area contributed by atoms with Crippen LogP contribution in [0.4, 0.5) is 0 Å². The lowest BCUT2D eigenvalue weighted by molar-refractivity contribution is 0.0697. The highest BCUT2D eigenvalue weighted by molar-refractivity contribution is 7.10. The summed E-state index contributed by atoms with van der Waals surface area (Å²) in [6, 6.07) is 9.06. The van der Waals surface area contributed by atoms with Gasteiger partial charge in [0, 0.05) is 4.88 Å². The molecule has 0 radical (unpaired) electrons. The molecule has 1 heterocycles. The number of carbonyl (C=O) groups is 1. The molecular weight excluding hydrogens is 208 g/mol. The van der Waals surface area contributed by atoms with Crippen molar-refractivity contribution in [2.75, 3.05) is 0 Å². The molecule has 2 nitrogen and oxygen atoms in total. The van der Waals surface area contributed by atoms with E-state index in [0.29, 0.717) is 5.56 Å². The predicted octanol–water partition coefficient (Wildman–Crippen LogP) is 3.42. The molecule has 0 aliphatic rings. The van der Waals surface area contributed by atoms with Crippen LogP contribution in [0.3, 0.4) is 0 Å². The number of carboxylic acids is 1. The van der Waals surface area contributed by atoms with Crippen LogP contribution >= 0.6 is 11.3 Å². The van der Waals surface area contributed by atoms with Gasteiger partial charge in [0.05, 0.1) is 5.56 Å². The lowest BCUT2D eigenvalue weighted by Gasteiger charge is -1.99. The molecule has 2 aromatic rings. The van der Waals surface area contributed by atoms with Gasteiger partial charge in [0.1, 0.15) is 0 Å². The number of carboxylic acid groups (broad SMARTS) is 1. The van der Waals surface area contributed by atoms with E-state index in [1.54, 1.807) is 29.5 Å². The molecule has 3 heteroatoms. The zero-order valence-electron chi connectivity index (χ0n) is 8.23. The molecule has 0 amide bonds. The van der Waals surface area contributed by atoms with Gasteiger partial charge in [-0.15, -0.1) is 11.3 Å². The van der Waals surface area contributed by atoms with Crippen LogP contribution in [0.2, 0.25) is 0 Å². The van der Waals surface area contributed by atoms with Crippen LogP contribution in [-0.2, 0) is 0 Å². The van der Waals surface area contributed by atoms with Crippen LogP contribution in [0.1, 0.15) is 15.2 Å². The smallest absolute Gasteiger partial charge is 0.335 e. The van der Waals surface area contributed by atoms with Gasteiger partial charge in [-0.2, -0.15) is 0 Å². The minimum Gasteiger partial charge on any atom is -0.478 e. The zero-order chi connectivity index (χ0) is 10.8. The molecule has 15 heavy (non-hydrogen) atoms. The molecule has 1 N–H and O–H groups in total. The summed E-state index contributed by atoms with van der Waals surface area (Å²) in [5, 5.41) is 10.9. The van der Waals surface area contributed by atoms with Crippen LogP contribution in [0, 0.1) is 6.92 Å². The SMILES string of the molecule is Cc1cc(-c2cccc(C(=O)O)c2)cs1. The minimum absolute atomic E-state index is 0.330. The first-order valence-corrected chi connectivity index (χ1v) is 5.43. The first-order valence-electron chi connectivity index (χ1n) is 4.55. The topological polar surface area (TPSA) is 37.3 Å². The van der Waals surface area contributed by atoms with E-state index in [1.807, 2.05) is 18.4 Å². The summed E-state index contributed by atoms with van der Waals surface area (Å²) in [6.07, 6.45) is 0. The van der Waals surface area contributed by atoms with Crippen molar-refractivity contribution >= 4 is 17.3 Å². The summed E-state index contributed by atoms with van der Waals surface area (Å²) in [5.41, 5.74) is 2.37. The van der Waals surface area contributed by atoms with E-state index in [9.17, 15) is 4.79 Å². The molecule has 0 unspecified atom stereocenters. The molecule has 0 bridgehead atoms. The average Bonchev–Trinajstić information content (AvgIpc) is 2.65. The first kappa shape index (κ1) is 9.93. The molecule has 1 aromatic carbocycles. The number of thiophene rings is 1. The maximum atomic E-state index is 10.8. The van der Waals surface area contributed by atoms with Gasteiger partial charge in [-0.3, -0.25) is 0 Å².